The number of hydrogen-bond acceptors (Lipinski definition) is 4. The molecule has 0 amide bonds. The zero-order chi connectivity index (χ0) is 11.1. The summed E-state index contributed by atoms with van der Waals surface area (Å²) in [6.07, 6.45) is 10.4. The molecule has 1 rings (SSSR count). The number of carbonyl (C=O) groups excluding carboxylic acids is 1. The van der Waals surface area contributed by atoms with E-state index in [-0.39, 0.29) is 0 Å². The molecule has 1 atom stereocenters. The molecular weight excluding hydrogens is 226 g/mol. The van der Waals surface area contributed by atoms with Crippen LogP contribution < -0.4 is 0 Å². The second-order valence-corrected chi connectivity index (χ2v) is 5.64. The minimum atomic E-state index is 0.338. The monoisotopic (exact) mass is 247 g/mol. The van der Waals surface area contributed by atoms with Crippen LogP contribution in [0.1, 0.15) is 51.4 Å². The first-order chi connectivity index (χ1) is 7.24. The highest BCUT2D eigenvalue weighted by molar-refractivity contribution is 7.93. The molecule has 0 radical (unpaired) electrons. The normalized spacial score (nSPS) is 20.5. The van der Waals surface area contributed by atoms with Crippen molar-refractivity contribution < 1.29 is 4.79 Å². The van der Waals surface area contributed by atoms with Crippen LogP contribution in [0.25, 0.3) is 0 Å². The Labute approximate surface area is 104 Å². The largest absolute Gasteiger partial charge is 0.303 e. The minimum Gasteiger partial charge on any atom is -0.303 e. The molecular formula is C11H21NOS2. The molecule has 88 valence electrons. The van der Waals surface area contributed by atoms with Crippen LogP contribution in [0.5, 0.6) is 0 Å². The number of aldehydes is 1. The fourth-order valence-electron chi connectivity index (χ4n) is 2.40. The van der Waals surface area contributed by atoms with Crippen molar-refractivity contribution in [1.82, 2.24) is 3.71 Å². The Morgan fingerprint density at radius 1 is 1.27 bits per heavy atom. The van der Waals surface area contributed by atoms with Gasteiger partial charge in [-0.3, -0.25) is 0 Å². The van der Waals surface area contributed by atoms with Gasteiger partial charge in [0.15, 0.2) is 0 Å². The van der Waals surface area contributed by atoms with E-state index in [1.807, 2.05) is 0 Å². The van der Waals surface area contributed by atoms with E-state index in [2.05, 4.69) is 25.6 Å². The van der Waals surface area contributed by atoms with Crippen molar-refractivity contribution in [3.05, 3.63) is 0 Å². The van der Waals surface area contributed by atoms with E-state index in [1.54, 1.807) is 3.71 Å². The SMILES string of the molecule is O=CCC[C@H](CC1CCCCC1)N(S)S. The van der Waals surface area contributed by atoms with E-state index in [0.29, 0.717) is 12.5 Å². The summed E-state index contributed by atoms with van der Waals surface area (Å²) in [6.45, 7) is 0. The lowest BCUT2D eigenvalue weighted by molar-refractivity contribution is -0.108. The Morgan fingerprint density at radius 3 is 2.47 bits per heavy atom. The Hall–Kier alpha value is 0.330. The zero-order valence-electron chi connectivity index (χ0n) is 9.14. The molecule has 2 nitrogen and oxygen atoms in total. The van der Waals surface area contributed by atoms with E-state index in [9.17, 15) is 4.79 Å². The minimum absolute atomic E-state index is 0.338. The highest BCUT2D eigenvalue weighted by Gasteiger charge is 2.20. The third-order valence-electron chi connectivity index (χ3n) is 3.27. The highest BCUT2D eigenvalue weighted by atomic mass is 32.2. The number of rotatable bonds is 6. The molecule has 0 aromatic carbocycles. The molecule has 1 fully saturated rings. The van der Waals surface area contributed by atoms with E-state index in [1.165, 1.54) is 32.1 Å². The third kappa shape index (κ3) is 5.27. The van der Waals surface area contributed by atoms with Crippen molar-refractivity contribution in [3.8, 4) is 0 Å². The standard InChI is InChI=1S/C11H21NOS2/c13-8-4-7-11(12(14)15)9-10-5-2-1-3-6-10/h8,10-11,14-15H,1-7,9H2/t11-/m1/s1. The fourth-order valence-corrected chi connectivity index (χ4v) is 2.82. The van der Waals surface area contributed by atoms with Gasteiger partial charge in [0, 0.05) is 12.5 Å². The molecule has 1 saturated carbocycles. The third-order valence-corrected chi connectivity index (χ3v) is 3.93. The summed E-state index contributed by atoms with van der Waals surface area (Å²) in [6, 6.07) is 0.338. The molecule has 0 aliphatic heterocycles. The van der Waals surface area contributed by atoms with Crippen LogP contribution in [-0.2, 0) is 4.79 Å². The molecule has 0 spiro atoms. The van der Waals surface area contributed by atoms with Gasteiger partial charge in [0.2, 0.25) is 0 Å². The second kappa shape index (κ2) is 7.58. The van der Waals surface area contributed by atoms with Crippen LogP contribution in [0.2, 0.25) is 0 Å². The van der Waals surface area contributed by atoms with Gasteiger partial charge in [-0.25, -0.2) is 0 Å². The van der Waals surface area contributed by atoms with Crippen LogP contribution in [0.3, 0.4) is 0 Å². The van der Waals surface area contributed by atoms with E-state index < -0.39 is 0 Å². The lowest BCUT2D eigenvalue weighted by atomic mass is 9.84. The van der Waals surface area contributed by atoms with Gasteiger partial charge in [-0.2, -0.15) is 3.71 Å². The summed E-state index contributed by atoms with van der Waals surface area (Å²) >= 11 is 8.49. The Kier molecular flexibility index (Phi) is 6.77. The van der Waals surface area contributed by atoms with Crippen molar-refractivity contribution in [3.63, 3.8) is 0 Å². The summed E-state index contributed by atoms with van der Waals surface area (Å²) in [5.41, 5.74) is 0. The van der Waals surface area contributed by atoms with E-state index in [4.69, 9.17) is 0 Å². The van der Waals surface area contributed by atoms with Gasteiger partial charge >= 0.3 is 0 Å². The molecule has 0 aromatic heterocycles. The molecule has 4 heteroatoms. The van der Waals surface area contributed by atoms with Gasteiger partial charge in [0.25, 0.3) is 0 Å². The molecule has 1 aliphatic carbocycles. The van der Waals surface area contributed by atoms with Crippen molar-refractivity contribution in [1.29, 1.82) is 0 Å². The molecule has 0 N–H and O–H groups in total. The van der Waals surface area contributed by atoms with Gasteiger partial charge in [-0.05, 0) is 18.8 Å². The van der Waals surface area contributed by atoms with Gasteiger partial charge in [0.05, 0.1) is 0 Å². The zero-order valence-corrected chi connectivity index (χ0v) is 10.9. The Morgan fingerprint density at radius 2 is 1.93 bits per heavy atom. The molecule has 0 saturated heterocycles. The van der Waals surface area contributed by atoms with Crippen LogP contribution >= 0.6 is 25.6 Å². The van der Waals surface area contributed by atoms with Crippen LogP contribution in [-0.4, -0.2) is 16.0 Å². The van der Waals surface area contributed by atoms with Gasteiger partial charge < -0.3 is 4.79 Å². The van der Waals surface area contributed by atoms with Crippen LogP contribution in [0.15, 0.2) is 0 Å². The highest BCUT2D eigenvalue weighted by Crippen LogP contribution is 2.30. The van der Waals surface area contributed by atoms with E-state index in [0.717, 1.165) is 25.0 Å². The van der Waals surface area contributed by atoms with Crippen molar-refractivity contribution >= 4 is 31.9 Å². The summed E-state index contributed by atoms with van der Waals surface area (Å²) in [4.78, 5) is 10.4. The quantitative estimate of drug-likeness (QED) is 0.555. The predicted octanol–water partition coefficient (Wildman–Crippen LogP) is 3.30. The lowest BCUT2D eigenvalue weighted by Gasteiger charge is -2.28. The van der Waals surface area contributed by atoms with Crippen LogP contribution in [0, 0.1) is 5.92 Å². The molecule has 0 unspecified atom stereocenters. The second-order valence-electron chi connectivity index (χ2n) is 4.46. The molecule has 0 heterocycles. The molecule has 0 aromatic rings. The van der Waals surface area contributed by atoms with E-state index >= 15 is 0 Å². The first kappa shape index (κ1) is 13.4. The summed E-state index contributed by atoms with van der Waals surface area (Å²) in [7, 11) is 0. The maximum Gasteiger partial charge on any atom is 0.120 e. The number of nitrogens with zero attached hydrogens (tertiary/aromatic N) is 1. The number of thiol groups is 2. The average Bonchev–Trinajstić information content (AvgIpc) is 2.25. The summed E-state index contributed by atoms with van der Waals surface area (Å²) in [5.74, 6) is 0.817. The molecule has 15 heavy (non-hydrogen) atoms. The number of carbonyl (C=O) groups is 1. The smallest absolute Gasteiger partial charge is 0.120 e. The maximum atomic E-state index is 10.4. The van der Waals surface area contributed by atoms with Crippen LogP contribution in [0.4, 0.5) is 0 Å². The summed E-state index contributed by atoms with van der Waals surface area (Å²) < 4.78 is 1.68. The van der Waals surface area contributed by atoms with Crippen molar-refractivity contribution in [2.75, 3.05) is 0 Å². The van der Waals surface area contributed by atoms with Gasteiger partial charge in [-0.15, -0.1) is 0 Å². The van der Waals surface area contributed by atoms with Gasteiger partial charge in [0.1, 0.15) is 6.29 Å². The predicted molar refractivity (Wildman–Crippen MR) is 70.1 cm³/mol. The Balaban J connectivity index is 2.31. The van der Waals surface area contributed by atoms with Crippen molar-refractivity contribution in [2.24, 2.45) is 5.92 Å². The molecule has 1 aliphatic rings. The first-order valence-corrected chi connectivity index (χ1v) is 6.64. The number of hydrogen-bond donors (Lipinski definition) is 2. The lowest BCUT2D eigenvalue weighted by Crippen LogP contribution is -2.24. The first-order valence-electron chi connectivity index (χ1n) is 5.84. The Bertz CT molecular complexity index is 181. The van der Waals surface area contributed by atoms with Crippen molar-refractivity contribution in [2.45, 2.75) is 57.4 Å². The summed E-state index contributed by atoms with van der Waals surface area (Å²) in [5, 5.41) is 0. The van der Waals surface area contributed by atoms with Gasteiger partial charge in [-0.1, -0.05) is 57.7 Å². The topological polar surface area (TPSA) is 20.3 Å². The fraction of sp³-hybridized carbons (Fsp3) is 0.909. The average molecular weight is 247 g/mol. The molecule has 0 bridgehead atoms. The maximum absolute atomic E-state index is 10.4.